The fourth-order valence-electron chi connectivity index (χ4n) is 1.19. The third-order valence-corrected chi connectivity index (χ3v) is 1.73. The molecule has 0 spiro atoms. The maximum atomic E-state index is 9.86. The molecule has 3 nitrogen and oxygen atoms in total. The van der Waals surface area contributed by atoms with Crippen molar-refractivity contribution < 1.29 is 9.53 Å². The van der Waals surface area contributed by atoms with Crippen LogP contribution in [0.25, 0.3) is 0 Å². The molecule has 1 fully saturated rings. The van der Waals surface area contributed by atoms with Crippen molar-refractivity contribution in [3.63, 3.8) is 0 Å². The fraction of sp³-hybridized carbons (Fsp3) is 0.833. The lowest BCUT2D eigenvalue weighted by Crippen LogP contribution is -2.38. The van der Waals surface area contributed by atoms with Gasteiger partial charge in [0, 0.05) is 12.8 Å². The lowest BCUT2D eigenvalue weighted by atomic mass is 10.2. The predicted molar refractivity (Wildman–Crippen MR) is 32.5 cm³/mol. The standard InChI is InChI=1S/C6H11NO2/c7-6(9-5-8)3-1-2-4-6/h5H,1-4,7H2. The first-order valence-electron chi connectivity index (χ1n) is 3.17. The second-order valence-corrected chi connectivity index (χ2v) is 2.49. The van der Waals surface area contributed by atoms with E-state index < -0.39 is 5.72 Å². The van der Waals surface area contributed by atoms with E-state index >= 15 is 0 Å². The van der Waals surface area contributed by atoms with E-state index in [1.165, 1.54) is 0 Å². The Morgan fingerprint density at radius 3 is 2.44 bits per heavy atom. The SMILES string of the molecule is NC1(OC=O)CCCC1. The van der Waals surface area contributed by atoms with Crippen LogP contribution in [0.15, 0.2) is 0 Å². The summed E-state index contributed by atoms with van der Waals surface area (Å²) in [4.78, 5) is 9.86. The summed E-state index contributed by atoms with van der Waals surface area (Å²) in [5.74, 6) is 0. The Hall–Kier alpha value is -0.570. The summed E-state index contributed by atoms with van der Waals surface area (Å²) < 4.78 is 4.69. The molecule has 1 aliphatic carbocycles. The molecule has 0 unspecified atom stereocenters. The van der Waals surface area contributed by atoms with Crippen molar-refractivity contribution in [1.82, 2.24) is 0 Å². The van der Waals surface area contributed by atoms with Crippen molar-refractivity contribution in [3.05, 3.63) is 0 Å². The van der Waals surface area contributed by atoms with E-state index in [-0.39, 0.29) is 0 Å². The number of carbonyl (C=O) groups is 1. The molecule has 0 aromatic heterocycles. The van der Waals surface area contributed by atoms with Gasteiger partial charge >= 0.3 is 0 Å². The van der Waals surface area contributed by atoms with Crippen LogP contribution >= 0.6 is 0 Å². The van der Waals surface area contributed by atoms with Crippen molar-refractivity contribution in [1.29, 1.82) is 0 Å². The van der Waals surface area contributed by atoms with Crippen molar-refractivity contribution in [2.24, 2.45) is 5.73 Å². The van der Waals surface area contributed by atoms with E-state index in [0.717, 1.165) is 25.7 Å². The minimum Gasteiger partial charge on any atom is -0.446 e. The van der Waals surface area contributed by atoms with Crippen molar-refractivity contribution in [3.8, 4) is 0 Å². The van der Waals surface area contributed by atoms with Crippen LogP contribution < -0.4 is 5.73 Å². The number of rotatable bonds is 2. The normalized spacial score (nSPS) is 23.7. The Kier molecular flexibility index (Phi) is 1.71. The van der Waals surface area contributed by atoms with Crippen molar-refractivity contribution in [2.45, 2.75) is 31.4 Å². The zero-order valence-electron chi connectivity index (χ0n) is 5.30. The van der Waals surface area contributed by atoms with E-state index in [4.69, 9.17) is 5.73 Å². The van der Waals surface area contributed by atoms with Gasteiger partial charge in [-0.2, -0.15) is 0 Å². The van der Waals surface area contributed by atoms with Gasteiger partial charge in [-0.25, -0.2) is 0 Å². The Morgan fingerprint density at radius 1 is 1.44 bits per heavy atom. The first kappa shape index (κ1) is 6.55. The molecule has 0 saturated heterocycles. The molecule has 1 saturated carbocycles. The molecule has 3 heteroatoms. The lowest BCUT2D eigenvalue weighted by Gasteiger charge is -2.20. The largest absolute Gasteiger partial charge is 0.446 e. The van der Waals surface area contributed by atoms with Crippen LogP contribution in [0.2, 0.25) is 0 Å². The number of ether oxygens (including phenoxy) is 1. The first-order valence-corrected chi connectivity index (χ1v) is 3.17. The van der Waals surface area contributed by atoms with Gasteiger partial charge in [0.25, 0.3) is 6.47 Å². The van der Waals surface area contributed by atoms with Crippen LogP contribution in [0.4, 0.5) is 0 Å². The predicted octanol–water partition coefficient (Wildman–Crippen LogP) is 0.388. The van der Waals surface area contributed by atoms with Gasteiger partial charge in [0.05, 0.1) is 0 Å². The molecule has 0 heterocycles. The van der Waals surface area contributed by atoms with E-state index in [1.54, 1.807) is 0 Å². The maximum Gasteiger partial charge on any atom is 0.294 e. The highest BCUT2D eigenvalue weighted by Crippen LogP contribution is 2.27. The molecule has 1 aliphatic rings. The summed E-state index contributed by atoms with van der Waals surface area (Å²) in [5, 5.41) is 0. The number of hydrogen-bond acceptors (Lipinski definition) is 3. The minimum absolute atomic E-state index is 0.436. The van der Waals surface area contributed by atoms with Crippen LogP contribution in [0.3, 0.4) is 0 Å². The molecule has 52 valence electrons. The Labute approximate surface area is 54.2 Å². The van der Waals surface area contributed by atoms with E-state index in [0.29, 0.717) is 6.47 Å². The monoisotopic (exact) mass is 129 g/mol. The first-order chi connectivity index (χ1) is 4.27. The molecule has 1 rings (SSSR count). The third-order valence-electron chi connectivity index (χ3n) is 1.73. The smallest absolute Gasteiger partial charge is 0.294 e. The third kappa shape index (κ3) is 1.42. The van der Waals surface area contributed by atoms with E-state index in [2.05, 4.69) is 4.74 Å². The quantitative estimate of drug-likeness (QED) is 0.433. The molecule has 0 atom stereocenters. The van der Waals surface area contributed by atoms with Gasteiger partial charge in [0.2, 0.25) is 0 Å². The fourth-order valence-corrected chi connectivity index (χ4v) is 1.19. The summed E-state index contributed by atoms with van der Waals surface area (Å²) in [6.07, 6.45) is 3.77. The summed E-state index contributed by atoms with van der Waals surface area (Å²) in [6, 6.07) is 0. The number of hydrogen-bond donors (Lipinski definition) is 1. The van der Waals surface area contributed by atoms with Crippen LogP contribution in [0, 0.1) is 0 Å². The van der Waals surface area contributed by atoms with Gasteiger partial charge in [-0.3, -0.25) is 10.5 Å². The average molecular weight is 129 g/mol. The highest BCUT2D eigenvalue weighted by atomic mass is 16.5. The highest BCUT2D eigenvalue weighted by Gasteiger charge is 2.30. The molecule has 0 bridgehead atoms. The molecule has 0 aromatic rings. The Balaban J connectivity index is 2.40. The molecule has 9 heavy (non-hydrogen) atoms. The second-order valence-electron chi connectivity index (χ2n) is 2.49. The minimum atomic E-state index is -0.623. The van der Waals surface area contributed by atoms with E-state index in [9.17, 15) is 4.79 Å². The van der Waals surface area contributed by atoms with Crippen LogP contribution in [0.1, 0.15) is 25.7 Å². The van der Waals surface area contributed by atoms with Crippen molar-refractivity contribution >= 4 is 6.47 Å². The molecule has 0 radical (unpaired) electrons. The number of carbonyl (C=O) groups excluding carboxylic acids is 1. The van der Waals surface area contributed by atoms with Gasteiger partial charge in [0.15, 0.2) is 5.72 Å². The maximum absolute atomic E-state index is 9.86. The van der Waals surface area contributed by atoms with Gasteiger partial charge in [-0.15, -0.1) is 0 Å². The molecule has 2 N–H and O–H groups in total. The topological polar surface area (TPSA) is 52.3 Å². The molecule has 0 aromatic carbocycles. The average Bonchev–Trinajstić information content (AvgIpc) is 2.16. The van der Waals surface area contributed by atoms with Gasteiger partial charge in [-0.05, 0) is 12.8 Å². The summed E-state index contributed by atoms with van der Waals surface area (Å²) in [5.41, 5.74) is 4.99. The Bertz CT molecular complexity index is 108. The highest BCUT2D eigenvalue weighted by molar-refractivity contribution is 5.38. The lowest BCUT2D eigenvalue weighted by molar-refractivity contribution is -0.142. The molecular weight excluding hydrogens is 118 g/mol. The van der Waals surface area contributed by atoms with Gasteiger partial charge < -0.3 is 4.74 Å². The second kappa shape index (κ2) is 2.35. The van der Waals surface area contributed by atoms with Gasteiger partial charge in [-0.1, -0.05) is 0 Å². The summed E-state index contributed by atoms with van der Waals surface area (Å²) in [7, 11) is 0. The molecular formula is C6H11NO2. The Morgan fingerprint density at radius 2 is 2.00 bits per heavy atom. The van der Waals surface area contributed by atoms with Crippen LogP contribution in [-0.4, -0.2) is 12.2 Å². The number of nitrogens with two attached hydrogens (primary N) is 1. The van der Waals surface area contributed by atoms with E-state index in [1.807, 2.05) is 0 Å². The zero-order valence-corrected chi connectivity index (χ0v) is 5.30. The van der Waals surface area contributed by atoms with Crippen molar-refractivity contribution in [2.75, 3.05) is 0 Å². The summed E-state index contributed by atoms with van der Waals surface area (Å²) >= 11 is 0. The van der Waals surface area contributed by atoms with Crippen LogP contribution in [-0.2, 0) is 9.53 Å². The zero-order chi connectivity index (χ0) is 6.74. The summed E-state index contributed by atoms with van der Waals surface area (Å²) in [6.45, 7) is 0.436. The van der Waals surface area contributed by atoms with Crippen LogP contribution in [0.5, 0.6) is 0 Å². The van der Waals surface area contributed by atoms with Gasteiger partial charge in [0.1, 0.15) is 0 Å². The molecule has 0 aliphatic heterocycles. The molecule has 0 amide bonds.